The third kappa shape index (κ3) is 2.98. The fraction of sp³-hybridized carbons (Fsp3) is 0.632. The van der Waals surface area contributed by atoms with Crippen molar-refractivity contribution in [3.8, 4) is 0 Å². The Kier molecular flexibility index (Phi) is 4.36. The molecule has 2 aromatic rings. The normalized spacial score (nSPS) is 21.8. The highest BCUT2D eigenvalue weighted by Crippen LogP contribution is 2.37. The molecule has 1 unspecified atom stereocenters. The van der Waals surface area contributed by atoms with Crippen LogP contribution in [0.3, 0.4) is 0 Å². The van der Waals surface area contributed by atoms with E-state index in [-0.39, 0.29) is 11.9 Å². The average Bonchev–Trinajstić information content (AvgIpc) is 3.35. The summed E-state index contributed by atoms with van der Waals surface area (Å²) < 4.78 is 10.7. The van der Waals surface area contributed by atoms with Crippen LogP contribution in [0.25, 0.3) is 0 Å². The number of hydrogen-bond donors (Lipinski definition) is 0. The Morgan fingerprint density at radius 3 is 2.60 bits per heavy atom. The predicted octanol–water partition coefficient (Wildman–Crippen LogP) is 4.30. The smallest absolute Gasteiger partial charge is 0.292 e. The van der Waals surface area contributed by atoms with E-state index in [4.69, 9.17) is 9.05 Å². The van der Waals surface area contributed by atoms with Crippen LogP contribution >= 0.6 is 0 Å². The predicted molar refractivity (Wildman–Crippen MR) is 91.3 cm³/mol. The molecule has 0 spiro atoms. The van der Waals surface area contributed by atoms with Crippen LogP contribution in [0.4, 0.5) is 0 Å². The number of hydrogen-bond acceptors (Lipinski definition) is 5. The summed E-state index contributed by atoms with van der Waals surface area (Å²) in [4.78, 5) is 14.9. The van der Waals surface area contributed by atoms with Gasteiger partial charge in [0.05, 0.1) is 17.4 Å². The van der Waals surface area contributed by atoms with E-state index in [1.807, 2.05) is 24.8 Å². The van der Waals surface area contributed by atoms with Crippen LogP contribution in [0, 0.1) is 13.8 Å². The van der Waals surface area contributed by atoms with E-state index in [2.05, 4.69) is 10.3 Å². The lowest BCUT2D eigenvalue weighted by Gasteiger charge is -2.23. The molecule has 4 rings (SSSR count). The van der Waals surface area contributed by atoms with E-state index < -0.39 is 0 Å². The topological polar surface area (TPSA) is 72.4 Å². The Bertz CT molecular complexity index is 738. The fourth-order valence-electron chi connectivity index (χ4n) is 4.40. The highest BCUT2D eigenvalue weighted by molar-refractivity contribution is 5.92. The highest BCUT2D eigenvalue weighted by Gasteiger charge is 2.36. The van der Waals surface area contributed by atoms with Gasteiger partial charge >= 0.3 is 0 Å². The molecule has 2 aliphatic rings. The molecule has 2 fully saturated rings. The molecule has 25 heavy (non-hydrogen) atoms. The lowest BCUT2D eigenvalue weighted by Crippen LogP contribution is -2.30. The van der Waals surface area contributed by atoms with E-state index in [0.717, 1.165) is 54.9 Å². The van der Waals surface area contributed by atoms with E-state index in [1.54, 1.807) is 0 Å². The lowest BCUT2D eigenvalue weighted by molar-refractivity contribution is 0.0692. The van der Waals surface area contributed by atoms with Gasteiger partial charge in [-0.05, 0) is 39.5 Å². The second-order valence-electron chi connectivity index (χ2n) is 7.35. The van der Waals surface area contributed by atoms with E-state index in [0.29, 0.717) is 11.7 Å². The third-order valence-corrected chi connectivity index (χ3v) is 5.70. The zero-order valence-corrected chi connectivity index (χ0v) is 15.0. The average molecular weight is 343 g/mol. The number of likely N-dealkylation sites (tertiary alicyclic amines) is 1. The number of aryl methyl sites for hydroxylation is 2. The molecule has 1 aliphatic carbocycles. The van der Waals surface area contributed by atoms with Gasteiger partial charge in [0.25, 0.3) is 5.91 Å². The molecule has 6 heteroatoms. The van der Waals surface area contributed by atoms with Gasteiger partial charge in [0.2, 0.25) is 5.76 Å². The Labute approximate surface area is 147 Å². The molecule has 0 radical (unpaired) electrons. The van der Waals surface area contributed by atoms with Crippen LogP contribution in [-0.4, -0.2) is 27.7 Å². The van der Waals surface area contributed by atoms with Gasteiger partial charge in [-0.15, -0.1) is 0 Å². The third-order valence-electron chi connectivity index (χ3n) is 5.70. The zero-order chi connectivity index (χ0) is 17.4. The lowest BCUT2D eigenvalue weighted by atomic mass is 9.87. The summed E-state index contributed by atoms with van der Waals surface area (Å²) >= 11 is 0. The van der Waals surface area contributed by atoms with Crippen molar-refractivity contribution in [3.05, 3.63) is 34.5 Å². The molecular formula is C19H25N3O3. The number of carbonyl (C=O) groups is 1. The minimum Gasteiger partial charge on any atom is -0.361 e. The Balaban J connectivity index is 1.55. The molecule has 0 aromatic carbocycles. The first-order valence-corrected chi connectivity index (χ1v) is 9.35. The molecule has 1 aliphatic heterocycles. The first-order valence-electron chi connectivity index (χ1n) is 9.35. The Morgan fingerprint density at radius 2 is 1.88 bits per heavy atom. The summed E-state index contributed by atoms with van der Waals surface area (Å²) in [7, 11) is 0. The molecule has 3 heterocycles. The van der Waals surface area contributed by atoms with Gasteiger partial charge in [-0.25, -0.2) is 0 Å². The van der Waals surface area contributed by atoms with Crippen molar-refractivity contribution < 1.29 is 13.8 Å². The first kappa shape index (κ1) is 16.4. The van der Waals surface area contributed by atoms with Gasteiger partial charge in [-0.3, -0.25) is 4.79 Å². The van der Waals surface area contributed by atoms with Crippen LogP contribution < -0.4 is 0 Å². The van der Waals surface area contributed by atoms with Crippen molar-refractivity contribution in [2.45, 2.75) is 70.8 Å². The summed E-state index contributed by atoms with van der Waals surface area (Å²) in [6.07, 6.45) is 7.97. The molecule has 1 saturated heterocycles. The summed E-state index contributed by atoms with van der Waals surface area (Å²) in [5.74, 6) is 1.52. The molecule has 1 saturated carbocycles. The standard InChI is InChI=1S/C19H25N3O3/c1-12-18(13(2)24-20-12)16-9-6-10-22(16)19(23)17-11-15(21-25-17)14-7-4-3-5-8-14/h11,14,16H,3-10H2,1-2H3. The van der Waals surface area contributed by atoms with Gasteiger partial charge < -0.3 is 13.9 Å². The van der Waals surface area contributed by atoms with Gasteiger partial charge in [0.15, 0.2) is 0 Å². The summed E-state index contributed by atoms with van der Waals surface area (Å²) in [6, 6.07) is 1.88. The Morgan fingerprint density at radius 1 is 1.08 bits per heavy atom. The number of carbonyl (C=O) groups excluding carboxylic acids is 1. The number of rotatable bonds is 3. The van der Waals surface area contributed by atoms with E-state index >= 15 is 0 Å². The van der Waals surface area contributed by atoms with Gasteiger partial charge in [-0.2, -0.15) is 0 Å². The Hall–Kier alpha value is -2.11. The molecule has 0 bridgehead atoms. The van der Waals surface area contributed by atoms with Crippen molar-refractivity contribution in [1.82, 2.24) is 15.2 Å². The molecule has 1 atom stereocenters. The van der Waals surface area contributed by atoms with Crippen LogP contribution in [0.15, 0.2) is 15.1 Å². The van der Waals surface area contributed by atoms with Crippen molar-refractivity contribution in [1.29, 1.82) is 0 Å². The summed E-state index contributed by atoms with van der Waals surface area (Å²) in [6.45, 7) is 4.57. The van der Waals surface area contributed by atoms with Gasteiger partial charge in [0, 0.05) is 24.1 Å². The molecular weight excluding hydrogens is 318 g/mol. The van der Waals surface area contributed by atoms with Crippen LogP contribution in [0.1, 0.15) is 90.2 Å². The van der Waals surface area contributed by atoms with Crippen LogP contribution in [0.5, 0.6) is 0 Å². The summed E-state index contributed by atoms with van der Waals surface area (Å²) in [5.41, 5.74) is 2.84. The second-order valence-corrected chi connectivity index (χ2v) is 7.35. The number of amides is 1. The van der Waals surface area contributed by atoms with Gasteiger partial charge in [0.1, 0.15) is 5.76 Å². The number of nitrogens with zero attached hydrogens (tertiary/aromatic N) is 3. The van der Waals surface area contributed by atoms with Crippen molar-refractivity contribution in [2.75, 3.05) is 6.54 Å². The maximum absolute atomic E-state index is 13.0. The highest BCUT2D eigenvalue weighted by atomic mass is 16.5. The monoisotopic (exact) mass is 343 g/mol. The maximum Gasteiger partial charge on any atom is 0.292 e. The van der Waals surface area contributed by atoms with E-state index in [9.17, 15) is 4.79 Å². The minimum absolute atomic E-state index is 0.0157. The molecule has 1 amide bonds. The van der Waals surface area contributed by atoms with Crippen molar-refractivity contribution in [2.24, 2.45) is 0 Å². The molecule has 2 aromatic heterocycles. The first-order chi connectivity index (χ1) is 12.1. The summed E-state index contributed by atoms with van der Waals surface area (Å²) in [5, 5.41) is 8.25. The van der Waals surface area contributed by atoms with Crippen molar-refractivity contribution in [3.63, 3.8) is 0 Å². The second kappa shape index (κ2) is 6.65. The van der Waals surface area contributed by atoms with Crippen LogP contribution in [0.2, 0.25) is 0 Å². The molecule has 6 nitrogen and oxygen atoms in total. The molecule has 0 N–H and O–H groups in total. The zero-order valence-electron chi connectivity index (χ0n) is 15.0. The largest absolute Gasteiger partial charge is 0.361 e. The molecule has 134 valence electrons. The minimum atomic E-state index is -0.0722. The van der Waals surface area contributed by atoms with Crippen LogP contribution in [-0.2, 0) is 0 Å². The fourth-order valence-corrected chi connectivity index (χ4v) is 4.40. The quantitative estimate of drug-likeness (QED) is 0.830. The number of aromatic nitrogens is 2. The van der Waals surface area contributed by atoms with E-state index in [1.165, 1.54) is 19.3 Å². The maximum atomic E-state index is 13.0. The SMILES string of the molecule is Cc1noc(C)c1C1CCCN1C(=O)c1cc(C2CCCCC2)no1. The van der Waals surface area contributed by atoms with Gasteiger partial charge in [-0.1, -0.05) is 29.6 Å². The van der Waals surface area contributed by atoms with Crippen molar-refractivity contribution >= 4 is 5.91 Å².